The molecule has 6 atom stereocenters. The third-order valence-electron chi connectivity index (χ3n) is 9.89. The summed E-state index contributed by atoms with van der Waals surface area (Å²) in [7, 11) is 0. The SMILES string of the molecule is CC(C)C[C@H](NC(=O)[C@H](CC(=O)O)NC(=O)[C@H](CC(N)=O)NC(=O)[C@@H](NC(=O)[C@@H](NC(=O)[C@H](Cc1ccc(O)cc1)Nc1ccc(-c2ccccc2)cc1)C(C)C)C(C)C)C(=O)O. The minimum atomic E-state index is -1.81. The highest BCUT2D eigenvalue weighted by atomic mass is 16.4. The van der Waals surface area contributed by atoms with Crippen LogP contribution in [0.5, 0.6) is 5.75 Å². The molecule has 0 aliphatic carbocycles. The van der Waals surface area contributed by atoms with Gasteiger partial charge in [0, 0.05) is 12.1 Å². The highest BCUT2D eigenvalue weighted by molar-refractivity contribution is 5.99. The number of amides is 6. The van der Waals surface area contributed by atoms with Crippen molar-refractivity contribution in [1.82, 2.24) is 26.6 Å². The second-order valence-electron chi connectivity index (χ2n) is 16.4. The van der Waals surface area contributed by atoms with E-state index in [1.54, 1.807) is 53.7 Å². The van der Waals surface area contributed by atoms with Crippen LogP contribution in [-0.2, 0) is 44.8 Å². The van der Waals surface area contributed by atoms with Crippen LogP contribution in [0.2, 0.25) is 0 Å². The molecule has 3 rings (SSSR count). The van der Waals surface area contributed by atoms with E-state index in [0.717, 1.165) is 11.1 Å². The molecule has 18 heteroatoms. The van der Waals surface area contributed by atoms with Crippen molar-refractivity contribution in [2.24, 2.45) is 23.5 Å². The second-order valence-corrected chi connectivity index (χ2v) is 16.4. The number of carbonyl (C=O) groups is 8. The summed E-state index contributed by atoms with van der Waals surface area (Å²) in [5.74, 6) is -9.75. The summed E-state index contributed by atoms with van der Waals surface area (Å²) in [5.41, 5.74) is 8.68. The molecular formula is C45H59N7O11. The number of anilines is 1. The third kappa shape index (κ3) is 16.4. The Kier molecular flexibility index (Phi) is 19.1. The fraction of sp³-hybridized carbons (Fsp3) is 0.422. The lowest BCUT2D eigenvalue weighted by Gasteiger charge is -2.30. The van der Waals surface area contributed by atoms with E-state index in [-0.39, 0.29) is 24.5 Å². The molecule has 0 saturated heterocycles. The predicted molar refractivity (Wildman–Crippen MR) is 234 cm³/mol. The topological polar surface area (TPSA) is 295 Å². The molecule has 0 bridgehead atoms. The van der Waals surface area contributed by atoms with Gasteiger partial charge in [-0.3, -0.25) is 33.6 Å². The molecule has 0 fully saturated rings. The van der Waals surface area contributed by atoms with Gasteiger partial charge in [-0.05, 0) is 65.1 Å². The van der Waals surface area contributed by atoms with E-state index in [1.807, 2.05) is 54.6 Å². The van der Waals surface area contributed by atoms with Crippen molar-refractivity contribution in [1.29, 1.82) is 0 Å². The van der Waals surface area contributed by atoms with E-state index in [2.05, 4.69) is 31.9 Å². The van der Waals surface area contributed by atoms with Crippen molar-refractivity contribution in [2.75, 3.05) is 5.32 Å². The Morgan fingerprint density at radius 3 is 1.49 bits per heavy atom. The van der Waals surface area contributed by atoms with Crippen molar-refractivity contribution in [3.8, 4) is 16.9 Å². The second kappa shape index (κ2) is 23.9. The number of nitrogens with one attached hydrogen (secondary N) is 6. The number of carbonyl (C=O) groups excluding carboxylic acids is 6. The van der Waals surface area contributed by atoms with Crippen molar-refractivity contribution < 1.29 is 53.7 Å². The van der Waals surface area contributed by atoms with Crippen LogP contribution in [-0.4, -0.2) is 99.0 Å². The van der Waals surface area contributed by atoms with Crippen molar-refractivity contribution in [2.45, 2.75) is 103 Å². The van der Waals surface area contributed by atoms with Gasteiger partial charge in [0.1, 0.15) is 42.0 Å². The molecule has 0 unspecified atom stereocenters. The molecule has 340 valence electrons. The Labute approximate surface area is 366 Å². The molecule has 11 N–H and O–H groups in total. The number of primary amides is 1. The van der Waals surface area contributed by atoms with Gasteiger partial charge in [-0.25, -0.2) is 4.79 Å². The molecule has 3 aromatic rings. The first-order valence-electron chi connectivity index (χ1n) is 20.6. The van der Waals surface area contributed by atoms with Gasteiger partial charge in [0.15, 0.2) is 0 Å². The standard InChI is InChI=1S/C45H59N7O11/c1-24(2)20-35(45(62)63)50-41(58)34(23-37(55)56)48-40(57)33(22-36(46)54)49-43(60)38(25(3)4)52-44(61)39(26(5)6)51-42(59)32(21-27-12-18-31(53)19-13-27)47-30-16-14-29(15-17-30)28-10-8-7-9-11-28/h7-19,24-26,32-35,38-39,47,53H,20-23H2,1-6H3,(H2,46,54)(H,48,57)(H,49,60)(H,50,58)(H,51,59)(H,52,61)(H,55,56)(H,62,63)/t32-,33-,34-,35-,38-,39-/m0/s1. The third-order valence-corrected chi connectivity index (χ3v) is 9.89. The van der Waals surface area contributed by atoms with Gasteiger partial charge in [0.25, 0.3) is 0 Å². The van der Waals surface area contributed by atoms with E-state index in [0.29, 0.717) is 11.3 Å². The van der Waals surface area contributed by atoms with Crippen LogP contribution in [0.4, 0.5) is 5.69 Å². The summed E-state index contributed by atoms with van der Waals surface area (Å²) in [6, 6.07) is 15.1. The summed E-state index contributed by atoms with van der Waals surface area (Å²) in [6.07, 6.45) is -1.61. The van der Waals surface area contributed by atoms with Gasteiger partial charge in [-0.1, -0.05) is 96.1 Å². The number of carboxylic acids is 2. The number of hydrogen-bond acceptors (Lipinski definition) is 10. The first kappa shape index (κ1) is 50.4. The molecule has 6 amide bonds. The largest absolute Gasteiger partial charge is 0.508 e. The molecule has 3 aromatic carbocycles. The van der Waals surface area contributed by atoms with Gasteiger partial charge < -0.3 is 53.0 Å². The lowest BCUT2D eigenvalue weighted by atomic mass is 9.98. The molecule has 0 radical (unpaired) electrons. The van der Waals surface area contributed by atoms with Crippen LogP contribution < -0.4 is 37.6 Å². The lowest BCUT2D eigenvalue weighted by Crippen LogP contribution is -2.61. The first-order chi connectivity index (χ1) is 29.6. The number of rotatable bonds is 24. The van der Waals surface area contributed by atoms with Gasteiger partial charge >= 0.3 is 11.9 Å². The average molecular weight is 874 g/mol. The number of phenolic OH excluding ortho intramolecular Hbond substituents is 1. The molecular weight excluding hydrogens is 815 g/mol. The Bertz CT molecular complexity index is 2060. The molecule has 0 aliphatic heterocycles. The van der Waals surface area contributed by atoms with Gasteiger partial charge in [-0.15, -0.1) is 0 Å². The zero-order chi connectivity index (χ0) is 47.0. The number of hydrogen-bond donors (Lipinski definition) is 10. The molecule has 0 saturated carbocycles. The zero-order valence-corrected chi connectivity index (χ0v) is 36.2. The van der Waals surface area contributed by atoms with E-state index < -0.39 is 108 Å². The number of aromatic hydroxyl groups is 1. The number of nitrogens with two attached hydrogens (primary N) is 1. The van der Waals surface area contributed by atoms with E-state index >= 15 is 0 Å². The van der Waals surface area contributed by atoms with Crippen LogP contribution in [0.1, 0.15) is 66.4 Å². The van der Waals surface area contributed by atoms with Gasteiger partial charge in [0.2, 0.25) is 35.4 Å². The van der Waals surface area contributed by atoms with Crippen LogP contribution in [0.3, 0.4) is 0 Å². The summed E-state index contributed by atoms with van der Waals surface area (Å²) in [5, 5.41) is 44.3. The normalized spacial score (nSPS) is 14.0. The Morgan fingerprint density at radius 1 is 0.540 bits per heavy atom. The van der Waals surface area contributed by atoms with Crippen LogP contribution >= 0.6 is 0 Å². The molecule has 0 heterocycles. The minimum absolute atomic E-state index is 0.0000591. The van der Waals surface area contributed by atoms with Gasteiger partial charge in [-0.2, -0.15) is 0 Å². The van der Waals surface area contributed by atoms with Crippen molar-refractivity contribution >= 4 is 53.1 Å². The maximum Gasteiger partial charge on any atom is 0.326 e. The molecule has 0 aliphatic rings. The summed E-state index contributed by atoms with van der Waals surface area (Å²) >= 11 is 0. The Morgan fingerprint density at radius 2 is 1.00 bits per heavy atom. The van der Waals surface area contributed by atoms with E-state index in [4.69, 9.17) is 5.73 Å². The number of carboxylic acid groups (broad SMARTS) is 2. The highest BCUT2D eigenvalue weighted by Gasteiger charge is 2.36. The molecule has 18 nitrogen and oxygen atoms in total. The Hall–Kier alpha value is -6.98. The quantitative estimate of drug-likeness (QED) is 0.0621. The fourth-order valence-corrected chi connectivity index (χ4v) is 6.53. The number of phenols is 1. The van der Waals surface area contributed by atoms with E-state index in [9.17, 15) is 53.7 Å². The molecule has 63 heavy (non-hydrogen) atoms. The average Bonchev–Trinajstić information content (AvgIpc) is 3.21. The van der Waals surface area contributed by atoms with E-state index in [1.165, 1.54) is 12.1 Å². The van der Waals surface area contributed by atoms with Crippen molar-refractivity contribution in [3.63, 3.8) is 0 Å². The molecule has 0 spiro atoms. The fourth-order valence-electron chi connectivity index (χ4n) is 6.53. The maximum absolute atomic E-state index is 14.1. The monoisotopic (exact) mass is 873 g/mol. The minimum Gasteiger partial charge on any atom is -0.508 e. The summed E-state index contributed by atoms with van der Waals surface area (Å²) < 4.78 is 0. The number of aliphatic carboxylic acids is 2. The molecule has 0 aromatic heterocycles. The summed E-state index contributed by atoms with van der Waals surface area (Å²) in [4.78, 5) is 104. The lowest BCUT2D eigenvalue weighted by molar-refractivity contribution is -0.144. The first-order valence-corrected chi connectivity index (χ1v) is 20.6. The zero-order valence-electron chi connectivity index (χ0n) is 36.2. The maximum atomic E-state index is 14.1. The smallest absolute Gasteiger partial charge is 0.326 e. The number of benzene rings is 3. The van der Waals surface area contributed by atoms with Crippen LogP contribution in [0.15, 0.2) is 78.9 Å². The predicted octanol–water partition coefficient (Wildman–Crippen LogP) is 2.30. The van der Waals surface area contributed by atoms with Crippen LogP contribution in [0, 0.1) is 17.8 Å². The van der Waals surface area contributed by atoms with Gasteiger partial charge in [0.05, 0.1) is 12.8 Å². The highest BCUT2D eigenvalue weighted by Crippen LogP contribution is 2.22. The van der Waals surface area contributed by atoms with Crippen molar-refractivity contribution in [3.05, 3.63) is 84.4 Å². The summed E-state index contributed by atoms with van der Waals surface area (Å²) in [6.45, 7) is 10.0. The Balaban J connectivity index is 1.81. The van der Waals surface area contributed by atoms with Crippen LogP contribution in [0.25, 0.3) is 11.1 Å².